The zero-order valence-electron chi connectivity index (χ0n) is 17.1. The van der Waals surface area contributed by atoms with Gasteiger partial charge in [0, 0.05) is 12.2 Å². The molecule has 2 aromatic rings. The van der Waals surface area contributed by atoms with Gasteiger partial charge in [-0.3, -0.25) is 14.0 Å². The predicted octanol–water partition coefficient (Wildman–Crippen LogP) is 2.67. The van der Waals surface area contributed by atoms with Gasteiger partial charge in [-0.2, -0.15) is 0 Å². The Morgan fingerprint density at radius 3 is 2.72 bits per heavy atom. The lowest BCUT2D eigenvalue weighted by Crippen LogP contribution is -2.36. The summed E-state index contributed by atoms with van der Waals surface area (Å²) in [5.74, 6) is 1.11. The van der Waals surface area contributed by atoms with Crippen LogP contribution in [0, 0.1) is 5.92 Å². The maximum absolute atomic E-state index is 12.7. The summed E-state index contributed by atoms with van der Waals surface area (Å²) in [5.41, 5.74) is 1.94. The summed E-state index contributed by atoms with van der Waals surface area (Å²) >= 11 is 0. The molecule has 1 aliphatic carbocycles. The predicted molar refractivity (Wildman–Crippen MR) is 109 cm³/mol. The average molecular weight is 405 g/mol. The molecule has 0 radical (unpaired) electrons. The first-order valence-electron chi connectivity index (χ1n) is 10.2. The Labute approximate surface area is 170 Å². The van der Waals surface area contributed by atoms with Gasteiger partial charge in [0.25, 0.3) is 12.4 Å². The number of carbonyl (C=O) groups is 2. The smallest absolute Gasteiger partial charge is 0.290 e. The molecule has 0 saturated heterocycles. The minimum atomic E-state index is -0.302. The highest BCUT2D eigenvalue weighted by molar-refractivity contribution is 5.95. The van der Waals surface area contributed by atoms with E-state index in [1.54, 1.807) is 11.3 Å². The van der Waals surface area contributed by atoms with E-state index in [4.69, 9.17) is 14.6 Å². The van der Waals surface area contributed by atoms with Crippen molar-refractivity contribution in [3.05, 3.63) is 29.7 Å². The van der Waals surface area contributed by atoms with Crippen molar-refractivity contribution in [3.63, 3.8) is 0 Å². The van der Waals surface area contributed by atoms with Crippen molar-refractivity contribution >= 4 is 18.0 Å². The molecule has 3 rings (SSSR count). The van der Waals surface area contributed by atoms with E-state index in [1.807, 2.05) is 25.3 Å². The first-order chi connectivity index (χ1) is 14.0. The number of aliphatic hydroxyl groups is 1. The summed E-state index contributed by atoms with van der Waals surface area (Å²) in [6.07, 6.45) is 8.85. The number of imidazole rings is 1. The Bertz CT molecular complexity index is 799. The maximum atomic E-state index is 12.7. The van der Waals surface area contributed by atoms with E-state index < -0.39 is 0 Å². The van der Waals surface area contributed by atoms with Crippen LogP contribution in [-0.4, -0.2) is 51.2 Å². The van der Waals surface area contributed by atoms with Crippen LogP contribution in [-0.2, 0) is 11.2 Å². The minimum Gasteiger partial charge on any atom is -0.489 e. The SMILES string of the molecule is CCc1nc2c(OCC3CCCCC3)cccn2c1C(=O)N[C@H](C)CO.O=CO. The van der Waals surface area contributed by atoms with Crippen LogP contribution in [0.4, 0.5) is 0 Å². The van der Waals surface area contributed by atoms with E-state index in [0.717, 1.165) is 11.4 Å². The number of fused-ring (bicyclic) bond motifs is 1. The van der Waals surface area contributed by atoms with Gasteiger partial charge in [0.2, 0.25) is 0 Å². The molecule has 0 aromatic carbocycles. The first-order valence-corrected chi connectivity index (χ1v) is 10.2. The van der Waals surface area contributed by atoms with E-state index in [1.165, 1.54) is 32.1 Å². The maximum Gasteiger partial charge on any atom is 0.290 e. The van der Waals surface area contributed by atoms with Gasteiger partial charge in [-0.1, -0.05) is 26.2 Å². The Morgan fingerprint density at radius 2 is 2.10 bits per heavy atom. The molecule has 1 aliphatic rings. The van der Waals surface area contributed by atoms with Crippen molar-refractivity contribution in [1.29, 1.82) is 0 Å². The lowest BCUT2D eigenvalue weighted by molar-refractivity contribution is -0.122. The molecule has 1 saturated carbocycles. The van der Waals surface area contributed by atoms with Crippen LogP contribution < -0.4 is 10.1 Å². The molecule has 2 heterocycles. The van der Waals surface area contributed by atoms with Gasteiger partial charge in [-0.25, -0.2) is 4.98 Å². The van der Waals surface area contributed by atoms with Crippen molar-refractivity contribution < 1.29 is 24.5 Å². The van der Waals surface area contributed by atoms with Crippen molar-refractivity contribution in [2.24, 2.45) is 5.92 Å². The van der Waals surface area contributed by atoms with Gasteiger partial charge in [-0.15, -0.1) is 0 Å². The molecule has 1 fully saturated rings. The van der Waals surface area contributed by atoms with Gasteiger partial charge >= 0.3 is 0 Å². The normalized spacial score (nSPS) is 15.3. The third-order valence-electron chi connectivity index (χ3n) is 5.09. The van der Waals surface area contributed by atoms with Crippen molar-refractivity contribution in [2.45, 2.75) is 58.4 Å². The summed E-state index contributed by atoms with van der Waals surface area (Å²) in [7, 11) is 0. The van der Waals surface area contributed by atoms with Crippen LogP contribution in [0.25, 0.3) is 5.65 Å². The molecule has 3 N–H and O–H groups in total. The number of rotatable bonds is 7. The second kappa shape index (κ2) is 11.4. The summed E-state index contributed by atoms with van der Waals surface area (Å²) in [5, 5.41) is 18.9. The van der Waals surface area contributed by atoms with Gasteiger partial charge in [0.05, 0.1) is 18.9 Å². The molecule has 0 spiro atoms. The summed E-state index contributed by atoms with van der Waals surface area (Å²) in [6.45, 7) is 4.11. The zero-order chi connectivity index (χ0) is 21.2. The van der Waals surface area contributed by atoms with E-state index in [-0.39, 0.29) is 25.0 Å². The van der Waals surface area contributed by atoms with E-state index >= 15 is 0 Å². The number of carbonyl (C=O) groups excluding carboxylic acids is 1. The largest absolute Gasteiger partial charge is 0.489 e. The molecule has 8 nitrogen and oxygen atoms in total. The van der Waals surface area contributed by atoms with Crippen LogP contribution in [0.3, 0.4) is 0 Å². The van der Waals surface area contributed by atoms with E-state index in [9.17, 15) is 9.90 Å². The van der Waals surface area contributed by atoms with Crippen LogP contribution in [0.1, 0.15) is 62.1 Å². The number of pyridine rings is 1. The highest BCUT2D eigenvalue weighted by atomic mass is 16.5. The van der Waals surface area contributed by atoms with Crippen molar-refractivity contribution in [1.82, 2.24) is 14.7 Å². The van der Waals surface area contributed by atoms with E-state index in [2.05, 4.69) is 10.3 Å². The number of amides is 1. The number of ether oxygens (including phenoxy) is 1. The molecule has 29 heavy (non-hydrogen) atoms. The molecule has 8 heteroatoms. The van der Waals surface area contributed by atoms with E-state index in [0.29, 0.717) is 30.3 Å². The first kappa shape index (κ1) is 22.7. The lowest BCUT2D eigenvalue weighted by Gasteiger charge is -2.21. The van der Waals surface area contributed by atoms with Crippen LogP contribution in [0.15, 0.2) is 18.3 Å². The van der Waals surface area contributed by atoms with Crippen LogP contribution in [0.5, 0.6) is 5.75 Å². The second-order valence-electron chi connectivity index (χ2n) is 7.30. The number of aliphatic hydroxyl groups excluding tert-OH is 1. The summed E-state index contributed by atoms with van der Waals surface area (Å²) in [6, 6.07) is 3.50. The van der Waals surface area contributed by atoms with Gasteiger partial charge < -0.3 is 20.3 Å². The fraction of sp³-hybridized carbons (Fsp3) is 0.571. The van der Waals surface area contributed by atoms with Crippen molar-refractivity contribution in [2.75, 3.05) is 13.2 Å². The molecule has 0 aliphatic heterocycles. The topological polar surface area (TPSA) is 113 Å². The number of nitrogens with one attached hydrogen (secondary N) is 1. The minimum absolute atomic E-state index is 0.0975. The quantitative estimate of drug-likeness (QED) is 0.611. The molecule has 160 valence electrons. The monoisotopic (exact) mass is 405 g/mol. The number of hydrogen-bond donors (Lipinski definition) is 3. The van der Waals surface area contributed by atoms with Crippen molar-refractivity contribution in [3.8, 4) is 5.75 Å². The molecule has 2 aromatic heterocycles. The molecule has 1 amide bonds. The van der Waals surface area contributed by atoms with Crippen LogP contribution >= 0.6 is 0 Å². The average Bonchev–Trinajstić information content (AvgIpc) is 3.13. The molecule has 0 bridgehead atoms. The number of carboxylic acid groups (broad SMARTS) is 1. The Hall–Kier alpha value is -2.61. The third kappa shape index (κ3) is 5.93. The van der Waals surface area contributed by atoms with Gasteiger partial charge in [-0.05, 0) is 44.2 Å². The van der Waals surface area contributed by atoms with Crippen LogP contribution in [0.2, 0.25) is 0 Å². The number of hydrogen-bond acceptors (Lipinski definition) is 5. The summed E-state index contributed by atoms with van der Waals surface area (Å²) in [4.78, 5) is 25.7. The highest BCUT2D eigenvalue weighted by Gasteiger charge is 2.22. The molecule has 1 atom stereocenters. The third-order valence-corrected chi connectivity index (χ3v) is 5.09. The second-order valence-corrected chi connectivity index (χ2v) is 7.30. The number of nitrogens with zero attached hydrogens (tertiary/aromatic N) is 2. The Morgan fingerprint density at radius 1 is 1.41 bits per heavy atom. The highest BCUT2D eigenvalue weighted by Crippen LogP contribution is 2.27. The molecular weight excluding hydrogens is 374 g/mol. The Balaban J connectivity index is 0.000000941. The summed E-state index contributed by atoms with van der Waals surface area (Å²) < 4.78 is 7.90. The molecule has 0 unspecified atom stereocenters. The number of aromatic nitrogens is 2. The fourth-order valence-electron chi connectivity index (χ4n) is 3.59. The number of aryl methyl sites for hydroxylation is 1. The van der Waals surface area contributed by atoms with Gasteiger partial charge in [0.1, 0.15) is 5.69 Å². The Kier molecular flexibility index (Phi) is 8.92. The lowest BCUT2D eigenvalue weighted by atomic mass is 9.90. The van der Waals surface area contributed by atoms with Gasteiger partial charge in [0.15, 0.2) is 11.4 Å². The fourth-order valence-corrected chi connectivity index (χ4v) is 3.59. The standard InChI is InChI=1S/C20H29N3O3.CH2O2/c1-3-16-18(20(25)21-14(2)12-24)23-11-7-10-17(19(23)22-16)26-13-15-8-5-4-6-9-15;2-1-3/h7,10-11,14-15,24H,3-6,8-9,12-13H2,1-2H3,(H,21,25);1H,(H,2,3)/t14-;/m1./s1. The molecular formula is C21H31N3O5. The zero-order valence-corrected chi connectivity index (χ0v) is 17.1.